The lowest BCUT2D eigenvalue weighted by molar-refractivity contribution is -0.143. The van der Waals surface area contributed by atoms with Gasteiger partial charge in [0.1, 0.15) is 18.1 Å². The van der Waals surface area contributed by atoms with E-state index >= 15 is 0 Å². The fourth-order valence-corrected chi connectivity index (χ4v) is 3.09. The first-order valence-corrected chi connectivity index (χ1v) is 11.4. The normalized spacial score (nSPS) is 15.5. The molecule has 0 saturated carbocycles. The first-order chi connectivity index (χ1) is 15.8. The van der Waals surface area contributed by atoms with Crippen molar-refractivity contribution in [2.75, 3.05) is 6.54 Å². The van der Waals surface area contributed by atoms with Crippen molar-refractivity contribution < 1.29 is 34.2 Å². The summed E-state index contributed by atoms with van der Waals surface area (Å²) in [4.78, 5) is 60.6. The fraction of sp³-hybridized carbons (Fsp3) is 0.762. The lowest BCUT2D eigenvalue weighted by Crippen LogP contribution is -2.59. The zero-order valence-corrected chi connectivity index (χ0v) is 20.1. The van der Waals surface area contributed by atoms with E-state index in [9.17, 15) is 34.2 Å². The molecule has 34 heavy (non-hydrogen) atoms. The van der Waals surface area contributed by atoms with E-state index in [2.05, 4.69) is 16.0 Å². The van der Waals surface area contributed by atoms with Gasteiger partial charge in [-0.2, -0.15) is 0 Å². The van der Waals surface area contributed by atoms with Crippen LogP contribution in [0.15, 0.2) is 0 Å². The molecule has 0 radical (unpaired) electrons. The van der Waals surface area contributed by atoms with E-state index in [4.69, 9.17) is 17.2 Å². The van der Waals surface area contributed by atoms with Crippen LogP contribution in [-0.4, -0.2) is 76.6 Å². The number of hydrogen-bond donors (Lipinski definition) is 8. The smallest absolute Gasteiger partial charge is 0.326 e. The number of nitrogens with one attached hydrogen (secondary N) is 3. The van der Waals surface area contributed by atoms with Crippen LogP contribution < -0.4 is 33.2 Å². The SMILES string of the molecule is CC(C)CC(NC(=O)C(CCC(N)=O)NC(=O)C(NC(=O)C(N)CCCCN)C(C)O)C(=O)O. The summed E-state index contributed by atoms with van der Waals surface area (Å²) in [5.74, 6) is -4.43. The van der Waals surface area contributed by atoms with Gasteiger partial charge < -0.3 is 43.4 Å². The monoisotopic (exact) mass is 488 g/mol. The van der Waals surface area contributed by atoms with Crippen molar-refractivity contribution in [2.24, 2.45) is 23.1 Å². The number of carbonyl (C=O) groups excluding carboxylic acids is 4. The van der Waals surface area contributed by atoms with E-state index < -0.39 is 59.9 Å². The zero-order valence-electron chi connectivity index (χ0n) is 20.1. The summed E-state index contributed by atoms with van der Waals surface area (Å²) in [6.45, 7) is 5.28. The van der Waals surface area contributed by atoms with Gasteiger partial charge in [0.2, 0.25) is 23.6 Å². The topological polar surface area (TPSA) is 240 Å². The molecule has 0 saturated heterocycles. The van der Waals surface area contributed by atoms with E-state index in [1.165, 1.54) is 6.92 Å². The van der Waals surface area contributed by atoms with Crippen LogP contribution in [0.2, 0.25) is 0 Å². The van der Waals surface area contributed by atoms with Crippen molar-refractivity contribution in [3.05, 3.63) is 0 Å². The van der Waals surface area contributed by atoms with Crippen molar-refractivity contribution in [3.8, 4) is 0 Å². The van der Waals surface area contributed by atoms with Gasteiger partial charge in [0, 0.05) is 6.42 Å². The van der Waals surface area contributed by atoms with E-state index in [1.807, 2.05) is 0 Å². The molecule has 0 aromatic carbocycles. The molecule has 196 valence electrons. The lowest BCUT2D eigenvalue weighted by atomic mass is 10.0. The number of hydrogen-bond acceptors (Lipinski definition) is 8. The zero-order chi connectivity index (χ0) is 26.4. The number of carboxylic acids is 1. The summed E-state index contributed by atoms with van der Waals surface area (Å²) >= 11 is 0. The maximum Gasteiger partial charge on any atom is 0.326 e. The molecule has 0 heterocycles. The Hall–Kier alpha value is -2.77. The number of nitrogens with two attached hydrogens (primary N) is 3. The molecule has 5 atom stereocenters. The maximum atomic E-state index is 12.8. The van der Waals surface area contributed by atoms with Crippen LogP contribution in [0.25, 0.3) is 0 Å². The Labute approximate surface area is 199 Å². The molecule has 0 aliphatic rings. The molecule has 4 amide bonds. The molecule has 0 bridgehead atoms. The molecule has 0 aromatic rings. The number of carboxylic acid groups (broad SMARTS) is 1. The second-order valence-electron chi connectivity index (χ2n) is 8.71. The molecular weight excluding hydrogens is 448 g/mol. The fourth-order valence-electron chi connectivity index (χ4n) is 3.09. The second kappa shape index (κ2) is 16.0. The quantitative estimate of drug-likeness (QED) is 0.102. The van der Waals surface area contributed by atoms with Crippen LogP contribution >= 0.6 is 0 Å². The first kappa shape index (κ1) is 31.2. The molecule has 0 fully saturated rings. The summed E-state index contributed by atoms with van der Waals surface area (Å²) < 4.78 is 0. The van der Waals surface area contributed by atoms with Crippen molar-refractivity contribution >= 4 is 29.6 Å². The Kier molecular flexibility index (Phi) is 14.7. The predicted molar refractivity (Wildman–Crippen MR) is 124 cm³/mol. The summed E-state index contributed by atoms with van der Waals surface area (Å²) in [5.41, 5.74) is 16.4. The Balaban J connectivity index is 5.42. The number of primary amides is 1. The molecule has 0 rings (SSSR count). The third-order valence-corrected chi connectivity index (χ3v) is 5.00. The number of carbonyl (C=O) groups is 5. The first-order valence-electron chi connectivity index (χ1n) is 11.4. The number of rotatable bonds is 17. The van der Waals surface area contributed by atoms with Crippen LogP contribution in [0, 0.1) is 5.92 Å². The van der Waals surface area contributed by atoms with E-state index in [0.29, 0.717) is 25.8 Å². The predicted octanol–water partition coefficient (Wildman–Crippen LogP) is -2.33. The van der Waals surface area contributed by atoms with Gasteiger partial charge in [0.05, 0.1) is 12.1 Å². The van der Waals surface area contributed by atoms with E-state index in [1.54, 1.807) is 13.8 Å². The minimum absolute atomic E-state index is 0.0380. The van der Waals surface area contributed by atoms with Crippen LogP contribution in [0.5, 0.6) is 0 Å². The molecule has 13 heteroatoms. The molecule has 13 nitrogen and oxygen atoms in total. The van der Waals surface area contributed by atoms with Gasteiger partial charge >= 0.3 is 5.97 Å². The van der Waals surface area contributed by atoms with Gasteiger partial charge in [-0.25, -0.2) is 4.79 Å². The summed E-state index contributed by atoms with van der Waals surface area (Å²) in [6, 6.07) is -4.91. The summed E-state index contributed by atoms with van der Waals surface area (Å²) in [6.07, 6.45) is -0.0658. The molecule has 0 aliphatic heterocycles. The molecule has 5 unspecified atom stereocenters. The van der Waals surface area contributed by atoms with Crippen molar-refractivity contribution in [1.82, 2.24) is 16.0 Å². The van der Waals surface area contributed by atoms with Crippen molar-refractivity contribution in [2.45, 2.75) is 89.6 Å². The summed E-state index contributed by atoms with van der Waals surface area (Å²) in [7, 11) is 0. The highest BCUT2D eigenvalue weighted by atomic mass is 16.4. The number of aliphatic hydroxyl groups excluding tert-OH is 1. The van der Waals surface area contributed by atoms with E-state index in [0.717, 1.165) is 0 Å². The van der Waals surface area contributed by atoms with Gasteiger partial charge in [-0.05, 0) is 45.1 Å². The minimum atomic E-state index is -1.44. The third-order valence-electron chi connectivity index (χ3n) is 5.00. The highest BCUT2D eigenvalue weighted by Crippen LogP contribution is 2.08. The Morgan fingerprint density at radius 1 is 0.853 bits per heavy atom. The second-order valence-corrected chi connectivity index (χ2v) is 8.71. The molecule has 0 spiro atoms. The van der Waals surface area contributed by atoms with Crippen LogP contribution in [0.3, 0.4) is 0 Å². The number of unbranched alkanes of at least 4 members (excludes halogenated alkanes) is 1. The van der Waals surface area contributed by atoms with E-state index in [-0.39, 0.29) is 25.2 Å². The third kappa shape index (κ3) is 12.5. The van der Waals surface area contributed by atoms with Gasteiger partial charge in [-0.15, -0.1) is 0 Å². The van der Waals surface area contributed by atoms with Gasteiger partial charge in [-0.3, -0.25) is 19.2 Å². The Morgan fingerprint density at radius 2 is 1.44 bits per heavy atom. The highest BCUT2D eigenvalue weighted by Gasteiger charge is 2.32. The average Bonchev–Trinajstić information content (AvgIpc) is 2.73. The number of aliphatic carboxylic acids is 1. The standard InChI is InChI=1S/C21H40N6O7/c1-11(2)10-15(21(33)34)26-19(31)14(7-8-16(24)29)25-20(32)17(12(3)28)27-18(30)13(23)6-4-5-9-22/h11-15,17,28H,4-10,22-23H2,1-3H3,(H2,24,29)(H,25,32)(H,26,31)(H,27,30)(H,33,34). The lowest BCUT2D eigenvalue weighted by Gasteiger charge is -2.26. The number of amides is 4. The Bertz CT molecular complexity index is 701. The van der Waals surface area contributed by atoms with Gasteiger partial charge in [-0.1, -0.05) is 20.3 Å². The maximum absolute atomic E-state index is 12.8. The van der Waals surface area contributed by atoms with Crippen molar-refractivity contribution in [1.29, 1.82) is 0 Å². The van der Waals surface area contributed by atoms with Gasteiger partial charge in [0.25, 0.3) is 0 Å². The molecule has 0 aliphatic carbocycles. The average molecular weight is 489 g/mol. The molecular formula is C21H40N6O7. The number of aliphatic hydroxyl groups is 1. The largest absolute Gasteiger partial charge is 0.480 e. The van der Waals surface area contributed by atoms with Crippen LogP contribution in [-0.2, 0) is 24.0 Å². The van der Waals surface area contributed by atoms with Crippen LogP contribution in [0.1, 0.15) is 59.3 Å². The molecule has 11 N–H and O–H groups in total. The highest BCUT2D eigenvalue weighted by molar-refractivity contribution is 5.94. The summed E-state index contributed by atoms with van der Waals surface area (Å²) in [5, 5.41) is 26.5. The molecule has 0 aromatic heterocycles. The Morgan fingerprint density at radius 3 is 1.91 bits per heavy atom. The minimum Gasteiger partial charge on any atom is -0.480 e. The van der Waals surface area contributed by atoms with Gasteiger partial charge in [0.15, 0.2) is 0 Å². The van der Waals surface area contributed by atoms with Crippen molar-refractivity contribution in [3.63, 3.8) is 0 Å². The van der Waals surface area contributed by atoms with Crippen LogP contribution in [0.4, 0.5) is 0 Å².